The number of hydrogen-bond acceptors (Lipinski definition) is 3. The monoisotopic (exact) mass is 266 g/mol. The summed E-state index contributed by atoms with van der Waals surface area (Å²) in [6, 6.07) is 8.29. The Bertz CT molecular complexity index is 741. The minimum absolute atomic E-state index is 0.771. The molecule has 4 nitrogen and oxygen atoms in total. The predicted molar refractivity (Wildman–Crippen MR) is 81.6 cm³/mol. The lowest BCUT2D eigenvalue weighted by molar-refractivity contribution is 0.822. The van der Waals surface area contributed by atoms with E-state index in [9.17, 15) is 0 Å². The SMILES string of the molecule is CNCc1c[nH]c2nc(-c3ccc(C)cc3)nc(C)c12. The third kappa shape index (κ3) is 2.18. The van der Waals surface area contributed by atoms with Gasteiger partial charge in [0.05, 0.1) is 5.69 Å². The summed E-state index contributed by atoms with van der Waals surface area (Å²) in [7, 11) is 1.94. The van der Waals surface area contributed by atoms with Gasteiger partial charge in [-0.3, -0.25) is 0 Å². The van der Waals surface area contributed by atoms with E-state index < -0.39 is 0 Å². The number of rotatable bonds is 3. The normalized spacial score (nSPS) is 11.2. The maximum absolute atomic E-state index is 4.66. The van der Waals surface area contributed by atoms with Gasteiger partial charge in [0, 0.05) is 23.7 Å². The molecule has 102 valence electrons. The van der Waals surface area contributed by atoms with Crippen LogP contribution in [0.5, 0.6) is 0 Å². The molecule has 0 saturated heterocycles. The molecule has 1 aromatic carbocycles. The van der Waals surface area contributed by atoms with Crippen molar-refractivity contribution in [3.05, 3.63) is 47.3 Å². The highest BCUT2D eigenvalue weighted by Crippen LogP contribution is 2.23. The predicted octanol–water partition coefficient (Wildman–Crippen LogP) is 2.96. The minimum atomic E-state index is 0.771. The molecule has 0 radical (unpaired) electrons. The van der Waals surface area contributed by atoms with Crippen molar-refractivity contribution in [3.63, 3.8) is 0 Å². The van der Waals surface area contributed by atoms with E-state index in [2.05, 4.69) is 51.5 Å². The van der Waals surface area contributed by atoms with Crippen LogP contribution in [0.1, 0.15) is 16.8 Å². The van der Waals surface area contributed by atoms with Crippen LogP contribution in [0.3, 0.4) is 0 Å². The third-order valence-electron chi connectivity index (χ3n) is 3.47. The van der Waals surface area contributed by atoms with Gasteiger partial charge >= 0.3 is 0 Å². The number of nitrogens with zero attached hydrogens (tertiary/aromatic N) is 2. The van der Waals surface area contributed by atoms with Gasteiger partial charge in [-0.15, -0.1) is 0 Å². The second-order valence-electron chi connectivity index (χ2n) is 5.07. The van der Waals surface area contributed by atoms with Gasteiger partial charge in [0.2, 0.25) is 0 Å². The zero-order valence-corrected chi connectivity index (χ0v) is 12.0. The summed E-state index contributed by atoms with van der Waals surface area (Å²) < 4.78 is 0. The summed E-state index contributed by atoms with van der Waals surface area (Å²) in [5, 5.41) is 4.29. The van der Waals surface area contributed by atoms with Gasteiger partial charge in [0.15, 0.2) is 5.82 Å². The Hall–Kier alpha value is -2.20. The molecule has 0 fully saturated rings. The third-order valence-corrected chi connectivity index (χ3v) is 3.47. The molecule has 3 rings (SSSR count). The first-order valence-electron chi connectivity index (χ1n) is 6.75. The quantitative estimate of drug-likeness (QED) is 0.766. The fourth-order valence-corrected chi connectivity index (χ4v) is 2.45. The zero-order chi connectivity index (χ0) is 14.1. The minimum Gasteiger partial charge on any atom is -0.346 e. The lowest BCUT2D eigenvalue weighted by Crippen LogP contribution is -2.05. The number of H-pyrrole nitrogens is 1. The van der Waals surface area contributed by atoms with Crippen molar-refractivity contribution < 1.29 is 0 Å². The van der Waals surface area contributed by atoms with Gasteiger partial charge in [-0.05, 0) is 26.5 Å². The van der Waals surface area contributed by atoms with E-state index >= 15 is 0 Å². The Kier molecular flexibility index (Phi) is 3.24. The number of aromatic nitrogens is 3. The van der Waals surface area contributed by atoms with Gasteiger partial charge in [0.25, 0.3) is 0 Å². The topological polar surface area (TPSA) is 53.6 Å². The van der Waals surface area contributed by atoms with Crippen molar-refractivity contribution in [2.45, 2.75) is 20.4 Å². The highest BCUT2D eigenvalue weighted by atomic mass is 15.0. The molecular formula is C16H18N4. The van der Waals surface area contributed by atoms with Crippen molar-refractivity contribution >= 4 is 11.0 Å². The molecule has 2 aromatic heterocycles. The maximum atomic E-state index is 4.66. The van der Waals surface area contributed by atoms with Crippen LogP contribution in [0.25, 0.3) is 22.4 Å². The molecule has 0 amide bonds. The van der Waals surface area contributed by atoms with Crippen molar-refractivity contribution in [1.82, 2.24) is 20.3 Å². The lowest BCUT2D eigenvalue weighted by Gasteiger charge is -2.05. The van der Waals surface area contributed by atoms with Gasteiger partial charge in [-0.2, -0.15) is 0 Å². The molecular weight excluding hydrogens is 248 g/mol. The van der Waals surface area contributed by atoms with E-state index in [4.69, 9.17) is 0 Å². The Labute approximate surface area is 118 Å². The summed E-state index contributed by atoms with van der Waals surface area (Å²) in [6.45, 7) is 4.93. The average Bonchev–Trinajstić information content (AvgIpc) is 2.84. The molecule has 0 saturated carbocycles. The Balaban J connectivity index is 2.13. The second kappa shape index (κ2) is 5.06. The maximum Gasteiger partial charge on any atom is 0.161 e. The van der Waals surface area contributed by atoms with Crippen molar-refractivity contribution in [2.24, 2.45) is 0 Å². The van der Waals surface area contributed by atoms with E-state index in [0.717, 1.165) is 34.7 Å². The number of aromatic amines is 1. The molecule has 0 unspecified atom stereocenters. The van der Waals surface area contributed by atoms with Crippen molar-refractivity contribution in [3.8, 4) is 11.4 Å². The zero-order valence-electron chi connectivity index (χ0n) is 12.0. The number of fused-ring (bicyclic) bond motifs is 1. The fraction of sp³-hybridized carbons (Fsp3) is 0.250. The van der Waals surface area contributed by atoms with Crippen LogP contribution >= 0.6 is 0 Å². The molecule has 0 spiro atoms. The number of aryl methyl sites for hydroxylation is 2. The molecule has 0 bridgehead atoms. The first-order valence-corrected chi connectivity index (χ1v) is 6.75. The number of hydrogen-bond donors (Lipinski definition) is 2. The number of nitrogens with one attached hydrogen (secondary N) is 2. The van der Waals surface area contributed by atoms with Crippen LogP contribution in [-0.2, 0) is 6.54 Å². The summed E-state index contributed by atoms with van der Waals surface area (Å²) in [4.78, 5) is 12.5. The van der Waals surface area contributed by atoms with Crippen LogP contribution < -0.4 is 5.32 Å². The van der Waals surface area contributed by atoms with Gasteiger partial charge in [-0.25, -0.2) is 9.97 Å². The molecule has 20 heavy (non-hydrogen) atoms. The average molecular weight is 266 g/mol. The second-order valence-corrected chi connectivity index (χ2v) is 5.07. The van der Waals surface area contributed by atoms with Gasteiger partial charge < -0.3 is 10.3 Å². The molecule has 0 aliphatic rings. The summed E-state index contributed by atoms with van der Waals surface area (Å²) in [5.74, 6) is 0.771. The fourth-order valence-electron chi connectivity index (χ4n) is 2.45. The lowest BCUT2D eigenvalue weighted by atomic mass is 10.1. The molecule has 2 N–H and O–H groups in total. The van der Waals surface area contributed by atoms with Crippen LogP contribution in [-0.4, -0.2) is 22.0 Å². The standard InChI is InChI=1S/C16H18N4/c1-10-4-6-12(7-5-10)15-19-11(2)14-13(8-17-3)9-18-16(14)20-15/h4-7,9,17H,8H2,1-3H3,(H,18,19,20). The molecule has 3 aromatic rings. The van der Waals surface area contributed by atoms with E-state index in [0.29, 0.717) is 0 Å². The largest absolute Gasteiger partial charge is 0.346 e. The number of benzene rings is 1. The van der Waals surface area contributed by atoms with E-state index in [1.54, 1.807) is 0 Å². The molecule has 4 heteroatoms. The Morgan fingerprint density at radius 2 is 1.85 bits per heavy atom. The van der Waals surface area contributed by atoms with E-state index in [1.165, 1.54) is 11.1 Å². The van der Waals surface area contributed by atoms with Gasteiger partial charge in [-0.1, -0.05) is 29.8 Å². The van der Waals surface area contributed by atoms with Crippen LogP contribution in [0.4, 0.5) is 0 Å². The molecule has 2 heterocycles. The highest BCUT2D eigenvalue weighted by Gasteiger charge is 2.11. The molecule has 0 aliphatic carbocycles. The summed E-state index contributed by atoms with van der Waals surface area (Å²) in [5.41, 5.74) is 5.40. The first kappa shape index (κ1) is 12.8. The van der Waals surface area contributed by atoms with E-state index in [-0.39, 0.29) is 0 Å². The Morgan fingerprint density at radius 3 is 2.55 bits per heavy atom. The van der Waals surface area contributed by atoms with Crippen molar-refractivity contribution in [2.75, 3.05) is 7.05 Å². The molecule has 0 atom stereocenters. The highest BCUT2D eigenvalue weighted by molar-refractivity contribution is 5.83. The van der Waals surface area contributed by atoms with Crippen LogP contribution in [0.15, 0.2) is 30.5 Å². The van der Waals surface area contributed by atoms with Crippen molar-refractivity contribution in [1.29, 1.82) is 0 Å². The van der Waals surface area contributed by atoms with Gasteiger partial charge in [0.1, 0.15) is 5.65 Å². The molecule has 0 aliphatic heterocycles. The smallest absolute Gasteiger partial charge is 0.161 e. The first-order chi connectivity index (χ1) is 9.69. The van der Waals surface area contributed by atoms with E-state index in [1.807, 2.05) is 20.2 Å². The summed E-state index contributed by atoms with van der Waals surface area (Å²) >= 11 is 0. The van der Waals surface area contributed by atoms with Crippen LogP contribution in [0, 0.1) is 13.8 Å². The summed E-state index contributed by atoms with van der Waals surface area (Å²) in [6.07, 6.45) is 2.00. The van der Waals surface area contributed by atoms with Crippen LogP contribution in [0.2, 0.25) is 0 Å². The Morgan fingerprint density at radius 1 is 1.10 bits per heavy atom.